The second-order valence-corrected chi connectivity index (χ2v) is 11.0. The molecule has 1 aliphatic rings. The summed E-state index contributed by atoms with van der Waals surface area (Å²) in [5, 5.41) is 10.4. The van der Waals surface area contributed by atoms with E-state index >= 15 is 0 Å². The van der Waals surface area contributed by atoms with Crippen LogP contribution in [0.15, 0.2) is 54.7 Å². The standard InChI is InChI=1S/C19H18N4O5S3/c1-12(17-21-22-18(28-17)16-3-2-10-29-16)30-19-20-14-11-13(4-5-15(14)27-19)31(24,25)23-6-8-26-9-7-23/h2-5,10-12H,6-9H2,1H3. The number of thiophene rings is 1. The highest BCUT2D eigenvalue weighted by Gasteiger charge is 2.27. The molecule has 0 N–H and O–H groups in total. The van der Waals surface area contributed by atoms with Gasteiger partial charge in [-0.15, -0.1) is 21.5 Å². The summed E-state index contributed by atoms with van der Waals surface area (Å²) in [5.74, 6) is 0.944. The van der Waals surface area contributed by atoms with Crippen LogP contribution in [0.1, 0.15) is 18.1 Å². The summed E-state index contributed by atoms with van der Waals surface area (Å²) in [5.41, 5.74) is 0.995. The van der Waals surface area contributed by atoms with E-state index in [1.54, 1.807) is 18.2 Å². The number of hydrogen-bond donors (Lipinski definition) is 0. The molecular formula is C19H18N4O5S3. The lowest BCUT2D eigenvalue weighted by Gasteiger charge is -2.25. The summed E-state index contributed by atoms with van der Waals surface area (Å²) in [6.07, 6.45) is 0. The third kappa shape index (κ3) is 4.13. The van der Waals surface area contributed by atoms with Gasteiger partial charge < -0.3 is 13.6 Å². The Morgan fingerprint density at radius 3 is 2.77 bits per heavy atom. The van der Waals surface area contributed by atoms with Crippen LogP contribution in [0.3, 0.4) is 0 Å². The van der Waals surface area contributed by atoms with Crippen LogP contribution in [0.4, 0.5) is 0 Å². The van der Waals surface area contributed by atoms with Gasteiger partial charge in [0, 0.05) is 13.1 Å². The predicted octanol–water partition coefficient (Wildman–Crippen LogP) is 3.81. The summed E-state index contributed by atoms with van der Waals surface area (Å²) in [6, 6.07) is 8.56. The fourth-order valence-corrected chi connectivity index (χ4v) is 5.99. The average Bonchev–Trinajstić information content (AvgIpc) is 3.53. The number of oxazole rings is 1. The van der Waals surface area contributed by atoms with Crippen LogP contribution in [0, 0.1) is 0 Å². The Labute approximate surface area is 186 Å². The maximum absolute atomic E-state index is 12.9. The Hall–Kier alpha value is -2.25. The summed E-state index contributed by atoms with van der Waals surface area (Å²) < 4.78 is 44.0. The number of thioether (sulfide) groups is 1. The van der Waals surface area contributed by atoms with Crippen molar-refractivity contribution in [3.63, 3.8) is 0 Å². The molecule has 3 aromatic heterocycles. The Balaban J connectivity index is 1.35. The summed E-state index contributed by atoms with van der Waals surface area (Å²) >= 11 is 2.86. The number of morpholine rings is 1. The van der Waals surface area contributed by atoms with Crippen LogP contribution in [-0.4, -0.2) is 54.2 Å². The number of fused-ring (bicyclic) bond motifs is 1. The molecule has 1 fully saturated rings. The zero-order valence-electron chi connectivity index (χ0n) is 16.4. The summed E-state index contributed by atoms with van der Waals surface area (Å²) in [7, 11) is -3.60. The number of hydrogen-bond acceptors (Lipinski definition) is 10. The van der Waals surface area contributed by atoms with Gasteiger partial charge in [-0.3, -0.25) is 0 Å². The van der Waals surface area contributed by atoms with Crippen LogP contribution in [-0.2, 0) is 14.8 Å². The molecule has 4 heterocycles. The highest BCUT2D eigenvalue weighted by molar-refractivity contribution is 7.99. The Bertz CT molecular complexity index is 1290. The lowest BCUT2D eigenvalue weighted by atomic mass is 10.3. The molecule has 9 nitrogen and oxygen atoms in total. The van der Waals surface area contributed by atoms with Crippen LogP contribution in [0.2, 0.25) is 0 Å². The maximum atomic E-state index is 12.9. The van der Waals surface area contributed by atoms with E-state index < -0.39 is 10.0 Å². The quantitative estimate of drug-likeness (QED) is 0.382. The zero-order valence-corrected chi connectivity index (χ0v) is 18.9. The first-order valence-electron chi connectivity index (χ1n) is 9.53. The number of rotatable bonds is 6. The fourth-order valence-electron chi connectivity index (χ4n) is 3.13. The second-order valence-electron chi connectivity index (χ2n) is 6.81. The van der Waals surface area contributed by atoms with Gasteiger partial charge in [0.15, 0.2) is 5.58 Å². The molecule has 4 aromatic rings. The van der Waals surface area contributed by atoms with Gasteiger partial charge in [-0.05, 0) is 36.6 Å². The van der Waals surface area contributed by atoms with E-state index in [0.29, 0.717) is 54.4 Å². The molecule has 5 rings (SSSR count). The third-order valence-electron chi connectivity index (χ3n) is 4.75. The van der Waals surface area contributed by atoms with Crippen LogP contribution in [0.25, 0.3) is 21.9 Å². The van der Waals surface area contributed by atoms with Crippen LogP contribution >= 0.6 is 23.1 Å². The van der Waals surface area contributed by atoms with Crippen molar-refractivity contribution in [3.8, 4) is 10.8 Å². The third-order valence-corrected chi connectivity index (χ3v) is 8.43. The van der Waals surface area contributed by atoms with E-state index in [9.17, 15) is 8.42 Å². The first-order valence-corrected chi connectivity index (χ1v) is 12.7. The van der Waals surface area contributed by atoms with Gasteiger partial charge in [-0.1, -0.05) is 17.8 Å². The Morgan fingerprint density at radius 2 is 2.00 bits per heavy atom. The first-order chi connectivity index (χ1) is 15.0. The molecule has 1 saturated heterocycles. The molecule has 12 heteroatoms. The molecule has 0 amide bonds. The molecule has 0 radical (unpaired) electrons. The molecular weight excluding hydrogens is 460 g/mol. The first kappa shape index (κ1) is 20.6. The van der Waals surface area contributed by atoms with Gasteiger partial charge in [0.1, 0.15) is 5.52 Å². The van der Waals surface area contributed by atoms with Crippen LogP contribution in [0.5, 0.6) is 0 Å². The van der Waals surface area contributed by atoms with E-state index in [1.807, 2.05) is 24.4 Å². The Morgan fingerprint density at radius 1 is 1.16 bits per heavy atom. The topological polar surface area (TPSA) is 112 Å². The maximum Gasteiger partial charge on any atom is 0.257 e. The SMILES string of the molecule is CC(Sc1nc2cc(S(=O)(=O)N3CCOCC3)ccc2o1)c1nnc(-c2cccs2)o1. The van der Waals surface area contributed by atoms with Gasteiger partial charge >= 0.3 is 0 Å². The number of ether oxygens (including phenoxy) is 1. The van der Waals surface area contributed by atoms with Crippen molar-refractivity contribution >= 4 is 44.2 Å². The van der Waals surface area contributed by atoms with Crippen molar-refractivity contribution in [3.05, 3.63) is 41.6 Å². The highest BCUT2D eigenvalue weighted by atomic mass is 32.2. The Kier molecular flexibility index (Phi) is 5.56. The smallest absolute Gasteiger partial charge is 0.257 e. The molecule has 0 bridgehead atoms. The van der Waals surface area contributed by atoms with Crippen molar-refractivity contribution in [2.75, 3.05) is 26.3 Å². The highest BCUT2D eigenvalue weighted by Crippen LogP contribution is 2.37. The van der Waals surface area contributed by atoms with E-state index in [-0.39, 0.29) is 10.1 Å². The van der Waals surface area contributed by atoms with Crippen molar-refractivity contribution in [1.82, 2.24) is 19.5 Å². The molecule has 0 spiro atoms. The lowest BCUT2D eigenvalue weighted by Crippen LogP contribution is -2.40. The number of nitrogens with zero attached hydrogens (tertiary/aromatic N) is 4. The molecule has 1 aromatic carbocycles. The lowest BCUT2D eigenvalue weighted by molar-refractivity contribution is 0.0730. The minimum Gasteiger partial charge on any atom is -0.431 e. The minimum atomic E-state index is -3.60. The van der Waals surface area contributed by atoms with Gasteiger partial charge in [0.2, 0.25) is 15.9 Å². The molecule has 0 saturated carbocycles. The van der Waals surface area contributed by atoms with Gasteiger partial charge in [-0.25, -0.2) is 13.4 Å². The van der Waals surface area contributed by atoms with Crippen molar-refractivity contribution in [2.45, 2.75) is 22.3 Å². The van der Waals surface area contributed by atoms with Gasteiger partial charge in [0.05, 0.1) is 28.2 Å². The average molecular weight is 479 g/mol. The number of sulfonamides is 1. The van der Waals surface area contributed by atoms with Gasteiger partial charge in [0.25, 0.3) is 11.1 Å². The molecule has 162 valence electrons. The fraction of sp³-hybridized carbons (Fsp3) is 0.316. The summed E-state index contributed by atoms with van der Waals surface area (Å²) in [6.45, 7) is 3.40. The van der Waals surface area contributed by atoms with E-state index in [2.05, 4.69) is 15.2 Å². The van der Waals surface area contributed by atoms with E-state index in [4.69, 9.17) is 13.6 Å². The zero-order chi connectivity index (χ0) is 21.4. The molecule has 1 unspecified atom stereocenters. The van der Waals surface area contributed by atoms with Crippen LogP contribution < -0.4 is 0 Å². The van der Waals surface area contributed by atoms with Crippen molar-refractivity contribution < 1.29 is 22.0 Å². The van der Waals surface area contributed by atoms with E-state index in [0.717, 1.165) is 4.88 Å². The predicted molar refractivity (Wildman–Crippen MR) is 115 cm³/mol. The molecule has 31 heavy (non-hydrogen) atoms. The summed E-state index contributed by atoms with van der Waals surface area (Å²) in [4.78, 5) is 5.56. The normalized spacial score (nSPS) is 16.7. The number of aromatic nitrogens is 3. The minimum absolute atomic E-state index is 0.189. The monoisotopic (exact) mass is 478 g/mol. The van der Waals surface area contributed by atoms with Gasteiger partial charge in [-0.2, -0.15) is 4.31 Å². The van der Waals surface area contributed by atoms with Crippen molar-refractivity contribution in [1.29, 1.82) is 0 Å². The molecule has 1 aliphatic heterocycles. The number of benzene rings is 1. The largest absolute Gasteiger partial charge is 0.431 e. The van der Waals surface area contributed by atoms with E-state index in [1.165, 1.54) is 27.4 Å². The van der Waals surface area contributed by atoms with Crippen molar-refractivity contribution in [2.24, 2.45) is 0 Å². The molecule has 0 aliphatic carbocycles. The molecule has 1 atom stereocenters. The second kappa shape index (κ2) is 8.36.